The molecule has 1 heterocycles. The van der Waals surface area contributed by atoms with E-state index in [0.717, 1.165) is 38.5 Å². The fraction of sp³-hybridized carbons (Fsp3) is 0.632. The Morgan fingerprint density at radius 1 is 1.15 bits per heavy atom. The number of ether oxygens (including phenoxy) is 1. The molecule has 142 valence electrons. The Balaban J connectivity index is 1.53. The molecular formula is C19H26N2O4S. The van der Waals surface area contributed by atoms with Crippen molar-refractivity contribution in [1.29, 1.82) is 0 Å². The van der Waals surface area contributed by atoms with Crippen molar-refractivity contribution in [3.8, 4) is 0 Å². The molecule has 2 N–H and O–H groups in total. The first-order valence-corrected chi connectivity index (χ1v) is 10.1. The monoisotopic (exact) mass is 378 g/mol. The first-order chi connectivity index (χ1) is 12.5. The minimum atomic E-state index is -0.273. The highest BCUT2D eigenvalue weighted by molar-refractivity contribution is 7.14. The minimum absolute atomic E-state index is 0.230. The third kappa shape index (κ3) is 4.26. The summed E-state index contributed by atoms with van der Waals surface area (Å²) in [6.07, 6.45) is 5.96. The summed E-state index contributed by atoms with van der Waals surface area (Å²) < 4.78 is 4.78. The second-order valence-electron chi connectivity index (χ2n) is 7.43. The van der Waals surface area contributed by atoms with Crippen LogP contribution in [0, 0.1) is 17.8 Å². The summed E-state index contributed by atoms with van der Waals surface area (Å²) in [5.74, 6) is -0.615. The largest absolute Gasteiger partial charge is 0.469 e. The number of esters is 1. The maximum absolute atomic E-state index is 12.4. The van der Waals surface area contributed by atoms with Crippen LogP contribution < -0.4 is 10.9 Å². The van der Waals surface area contributed by atoms with E-state index >= 15 is 0 Å². The Labute approximate surface area is 157 Å². The predicted octanol–water partition coefficient (Wildman–Crippen LogP) is 2.61. The van der Waals surface area contributed by atoms with Gasteiger partial charge in [0, 0.05) is 10.8 Å². The summed E-state index contributed by atoms with van der Waals surface area (Å²) in [6.45, 7) is 2.23. The van der Waals surface area contributed by atoms with Crippen molar-refractivity contribution in [1.82, 2.24) is 10.9 Å². The summed E-state index contributed by atoms with van der Waals surface area (Å²) in [4.78, 5) is 38.3. The number of carbonyl (C=O) groups is 3. The lowest BCUT2D eigenvalue weighted by Crippen LogP contribution is -2.45. The molecule has 0 spiro atoms. The van der Waals surface area contributed by atoms with Gasteiger partial charge < -0.3 is 4.74 Å². The van der Waals surface area contributed by atoms with Crippen LogP contribution in [0.15, 0.2) is 6.07 Å². The van der Waals surface area contributed by atoms with Crippen LogP contribution in [0.4, 0.5) is 0 Å². The average Bonchev–Trinajstić information content (AvgIpc) is 3.08. The van der Waals surface area contributed by atoms with E-state index in [2.05, 4.69) is 17.8 Å². The normalized spacial score (nSPS) is 25.1. The maximum Gasteiger partial charge on any atom is 0.308 e. The first-order valence-electron chi connectivity index (χ1n) is 9.27. The predicted molar refractivity (Wildman–Crippen MR) is 98.6 cm³/mol. The number of hydrazine groups is 1. The Kier molecular flexibility index (Phi) is 5.96. The molecule has 6 nitrogen and oxygen atoms in total. The van der Waals surface area contributed by atoms with Crippen molar-refractivity contribution in [2.45, 2.75) is 51.9 Å². The van der Waals surface area contributed by atoms with E-state index in [1.54, 1.807) is 0 Å². The molecule has 0 aromatic carbocycles. The molecule has 2 aliphatic rings. The van der Waals surface area contributed by atoms with Gasteiger partial charge in [0.2, 0.25) is 5.91 Å². The topological polar surface area (TPSA) is 84.5 Å². The third-order valence-electron chi connectivity index (χ3n) is 5.43. The van der Waals surface area contributed by atoms with Crippen molar-refractivity contribution in [3.05, 3.63) is 21.4 Å². The third-order valence-corrected chi connectivity index (χ3v) is 6.67. The summed E-state index contributed by atoms with van der Waals surface area (Å²) in [5, 5.41) is 0. The number of methoxy groups -OCH3 is 1. The summed E-state index contributed by atoms with van der Waals surface area (Å²) >= 11 is 1.52. The van der Waals surface area contributed by atoms with E-state index in [1.807, 2.05) is 6.07 Å². The van der Waals surface area contributed by atoms with Gasteiger partial charge in [-0.3, -0.25) is 25.2 Å². The van der Waals surface area contributed by atoms with Crippen LogP contribution in [-0.4, -0.2) is 24.9 Å². The van der Waals surface area contributed by atoms with E-state index in [9.17, 15) is 14.4 Å². The fourth-order valence-electron chi connectivity index (χ4n) is 3.91. The van der Waals surface area contributed by atoms with E-state index in [-0.39, 0.29) is 29.6 Å². The van der Waals surface area contributed by atoms with Gasteiger partial charge in [-0.15, -0.1) is 11.3 Å². The highest BCUT2D eigenvalue weighted by atomic mass is 32.1. The highest BCUT2D eigenvalue weighted by Gasteiger charge is 2.32. The van der Waals surface area contributed by atoms with Crippen LogP contribution >= 0.6 is 11.3 Å². The molecule has 1 fully saturated rings. The summed E-state index contributed by atoms with van der Waals surface area (Å²) in [6, 6.07) is 1.95. The van der Waals surface area contributed by atoms with Gasteiger partial charge in [-0.25, -0.2) is 0 Å². The zero-order chi connectivity index (χ0) is 18.7. The lowest BCUT2D eigenvalue weighted by molar-refractivity contribution is -0.147. The van der Waals surface area contributed by atoms with Gasteiger partial charge >= 0.3 is 5.97 Å². The number of hydrogen-bond donors (Lipinski definition) is 2. The molecule has 7 heteroatoms. The quantitative estimate of drug-likeness (QED) is 0.625. The molecule has 2 aliphatic carbocycles. The zero-order valence-electron chi connectivity index (χ0n) is 15.3. The molecule has 3 atom stereocenters. The van der Waals surface area contributed by atoms with E-state index in [1.165, 1.54) is 28.9 Å². The summed E-state index contributed by atoms with van der Waals surface area (Å²) in [7, 11) is 1.37. The molecule has 1 aromatic heterocycles. The number of carbonyl (C=O) groups excluding carboxylic acids is 3. The van der Waals surface area contributed by atoms with Gasteiger partial charge in [-0.05, 0) is 56.1 Å². The average molecular weight is 378 g/mol. The number of hydrogen-bond acceptors (Lipinski definition) is 5. The SMILES string of the molecule is COC(=O)[C@@H]1CCC[C@@H](C(=O)NNC(=O)c2cc3c(s2)CC[C@H](C)C3)C1. The number of rotatable bonds is 3. The van der Waals surface area contributed by atoms with Crippen LogP contribution in [-0.2, 0) is 27.2 Å². The Hall–Kier alpha value is -1.89. The Morgan fingerprint density at radius 2 is 1.92 bits per heavy atom. The molecule has 0 unspecified atom stereocenters. The van der Waals surface area contributed by atoms with Gasteiger partial charge in [-0.1, -0.05) is 13.3 Å². The molecular weight excluding hydrogens is 352 g/mol. The van der Waals surface area contributed by atoms with Gasteiger partial charge in [-0.2, -0.15) is 0 Å². The van der Waals surface area contributed by atoms with E-state index in [4.69, 9.17) is 4.74 Å². The number of thiophene rings is 1. The highest BCUT2D eigenvalue weighted by Crippen LogP contribution is 2.32. The number of amides is 2. The molecule has 2 amide bonds. The van der Waals surface area contributed by atoms with Gasteiger partial charge in [0.25, 0.3) is 5.91 Å². The van der Waals surface area contributed by atoms with Crippen molar-refractivity contribution in [2.75, 3.05) is 7.11 Å². The Bertz CT molecular complexity index is 700. The Morgan fingerprint density at radius 3 is 2.69 bits per heavy atom. The van der Waals surface area contributed by atoms with Crippen LogP contribution in [0.2, 0.25) is 0 Å². The molecule has 0 radical (unpaired) electrons. The van der Waals surface area contributed by atoms with Crippen molar-refractivity contribution in [2.24, 2.45) is 17.8 Å². The van der Waals surface area contributed by atoms with Gasteiger partial charge in [0.05, 0.1) is 17.9 Å². The second kappa shape index (κ2) is 8.20. The molecule has 0 saturated heterocycles. The molecule has 0 aliphatic heterocycles. The van der Waals surface area contributed by atoms with Gasteiger partial charge in [0.15, 0.2) is 0 Å². The van der Waals surface area contributed by atoms with Crippen molar-refractivity contribution in [3.63, 3.8) is 0 Å². The van der Waals surface area contributed by atoms with Crippen LogP contribution in [0.5, 0.6) is 0 Å². The van der Waals surface area contributed by atoms with E-state index in [0.29, 0.717) is 17.2 Å². The summed E-state index contributed by atoms with van der Waals surface area (Å²) in [5.41, 5.74) is 6.33. The standard InChI is InChI=1S/C19H26N2O4S/c1-11-6-7-15-14(8-11)10-16(26-15)18(23)21-20-17(22)12-4-3-5-13(9-12)19(24)25-2/h10-13H,3-9H2,1-2H3,(H,20,22)(H,21,23)/t11-,12+,13+/m0/s1. The zero-order valence-corrected chi connectivity index (χ0v) is 16.1. The van der Waals surface area contributed by atoms with Crippen LogP contribution in [0.3, 0.4) is 0 Å². The maximum atomic E-state index is 12.4. The number of fused-ring (bicyclic) bond motifs is 1. The van der Waals surface area contributed by atoms with Crippen LogP contribution in [0.1, 0.15) is 59.1 Å². The smallest absolute Gasteiger partial charge is 0.308 e. The molecule has 1 aromatic rings. The van der Waals surface area contributed by atoms with Crippen molar-refractivity contribution >= 4 is 29.1 Å². The molecule has 1 saturated carbocycles. The molecule has 26 heavy (non-hydrogen) atoms. The lowest BCUT2D eigenvalue weighted by Gasteiger charge is -2.26. The van der Waals surface area contributed by atoms with Crippen LogP contribution in [0.25, 0.3) is 0 Å². The number of nitrogens with one attached hydrogen (secondary N) is 2. The van der Waals surface area contributed by atoms with E-state index < -0.39 is 0 Å². The fourth-order valence-corrected chi connectivity index (χ4v) is 5.01. The van der Waals surface area contributed by atoms with Crippen molar-refractivity contribution < 1.29 is 19.1 Å². The minimum Gasteiger partial charge on any atom is -0.469 e. The second-order valence-corrected chi connectivity index (χ2v) is 8.57. The molecule has 0 bridgehead atoms. The molecule has 3 rings (SSSR count). The van der Waals surface area contributed by atoms with Gasteiger partial charge in [0.1, 0.15) is 0 Å². The number of aryl methyl sites for hydroxylation is 1. The first kappa shape index (κ1) is 18.9. The lowest BCUT2D eigenvalue weighted by atomic mass is 9.81.